The fourth-order valence-corrected chi connectivity index (χ4v) is 4.93. The highest BCUT2D eigenvalue weighted by atomic mass is 32.2. The molecule has 2 atom stereocenters. The summed E-state index contributed by atoms with van der Waals surface area (Å²) in [6.07, 6.45) is 1.00. The van der Waals surface area contributed by atoms with Crippen LogP contribution in [0.2, 0.25) is 0 Å². The van der Waals surface area contributed by atoms with Crippen LogP contribution in [0.5, 0.6) is 11.5 Å². The maximum absolute atomic E-state index is 12.8. The van der Waals surface area contributed by atoms with Gasteiger partial charge >= 0.3 is 10.1 Å². The molecule has 1 N–H and O–H groups in total. The molecule has 0 spiro atoms. The molecule has 2 aliphatic heterocycles. The molecule has 150 valence electrons. The van der Waals surface area contributed by atoms with E-state index >= 15 is 0 Å². The molecule has 0 saturated carbocycles. The summed E-state index contributed by atoms with van der Waals surface area (Å²) >= 11 is 0. The third-order valence-corrected chi connectivity index (χ3v) is 7.17. The van der Waals surface area contributed by atoms with Crippen molar-refractivity contribution in [2.75, 3.05) is 13.1 Å². The fraction of sp³-hybridized carbons (Fsp3) is 0.455. The molecule has 4 rings (SSSR count). The number of hydrogen-bond acceptors (Lipinski definition) is 5. The molecule has 2 aromatic carbocycles. The number of piperidine rings is 1. The molecule has 1 fully saturated rings. The third-order valence-electron chi connectivity index (χ3n) is 5.91. The van der Waals surface area contributed by atoms with Crippen LogP contribution in [0.4, 0.5) is 0 Å². The van der Waals surface area contributed by atoms with Gasteiger partial charge in [0.2, 0.25) is 0 Å². The smallest absolute Gasteiger partial charge is 0.339 e. The van der Waals surface area contributed by atoms with E-state index in [9.17, 15) is 8.42 Å². The van der Waals surface area contributed by atoms with Gasteiger partial charge < -0.3 is 14.2 Å². The summed E-state index contributed by atoms with van der Waals surface area (Å²) in [5.41, 5.74) is 1.93. The van der Waals surface area contributed by atoms with Crippen LogP contribution in [0.25, 0.3) is 0 Å². The number of ether oxygens (including phenoxy) is 1. The van der Waals surface area contributed by atoms with Gasteiger partial charge in [0.05, 0.1) is 0 Å². The lowest BCUT2D eigenvalue weighted by atomic mass is 9.74. The molecule has 6 heteroatoms. The van der Waals surface area contributed by atoms with E-state index < -0.39 is 10.1 Å². The van der Waals surface area contributed by atoms with Gasteiger partial charge in [0.15, 0.2) is 0 Å². The Morgan fingerprint density at radius 3 is 2.54 bits per heavy atom. The monoisotopic (exact) mass is 401 g/mol. The first kappa shape index (κ1) is 19.3. The van der Waals surface area contributed by atoms with Crippen LogP contribution in [-0.2, 0) is 20.9 Å². The summed E-state index contributed by atoms with van der Waals surface area (Å²) in [4.78, 5) is 0.156. The van der Waals surface area contributed by atoms with Crippen molar-refractivity contribution in [2.24, 2.45) is 0 Å². The summed E-state index contributed by atoms with van der Waals surface area (Å²) in [6, 6.07) is 12.2. The molecular weight excluding hydrogens is 374 g/mol. The van der Waals surface area contributed by atoms with E-state index in [1.54, 1.807) is 18.2 Å². The van der Waals surface area contributed by atoms with E-state index in [4.69, 9.17) is 8.92 Å². The van der Waals surface area contributed by atoms with Crippen LogP contribution in [-0.4, -0.2) is 27.6 Å². The zero-order valence-corrected chi connectivity index (χ0v) is 17.6. The first-order valence-corrected chi connectivity index (χ1v) is 11.1. The largest absolute Gasteiger partial charge is 0.488 e. The molecule has 0 bridgehead atoms. The van der Waals surface area contributed by atoms with Gasteiger partial charge in [-0.1, -0.05) is 39.8 Å². The number of benzene rings is 2. The number of nitrogens with one attached hydrogen (secondary N) is 1. The summed E-state index contributed by atoms with van der Waals surface area (Å²) in [5, 5.41) is 3.35. The van der Waals surface area contributed by atoms with Crippen molar-refractivity contribution in [1.29, 1.82) is 0 Å². The molecule has 5 nitrogen and oxygen atoms in total. The molecule has 28 heavy (non-hydrogen) atoms. The summed E-state index contributed by atoms with van der Waals surface area (Å²) in [7, 11) is -3.90. The molecule has 1 saturated heterocycles. The average molecular weight is 402 g/mol. The lowest BCUT2D eigenvalue weighted by molar-refractivity contribution is 0.124. The summed E-state index contributed by atoms with van der Waals surface area (Å²) < 4.78 is 37.0. The number of rotatable bonds is 3. The molecule has 2 aromatic rings. The van der Waals surface area contributed by atoms with Crippen molar-refractivity contribution >= 4 is 10.1 Å². The normalized spacial score (nSPS) is 24.2. The number of fused-ring (bicyclic) bond motifs is 3. The number of hydrogen-bond donors (Lipinski definition) is 1. The molecule has 2 aliphatic rings. The van der Waals surface area contributed by atoms with Crippen LogP contribution in [0.15, 0.2) is 47.4 Å². The first-order chi connectivity index (χ1) is 13.1. The van der Waals surface area contributed by atoms with Crippen LogP contribution < -0.4 is 14.2 Å². The second-order valence-electron chi connectivity index (χ2n) is 8.95. The first-order valence-electron chi connectivity index (χ1n) is 9.67. The second-order valence-corrected chi connectivity index (χ2v) is 10.5. The maximum atomic E-state index is 12.8. The van der Waals surface area contributed by atoms with Crippen molar-refractivity contribution in [3.8, 4) is 11.5 Å². The Kier molecular flexibility index (Phi) is 4.47. The molecule has 0 amide bonds. The molecule has 2 unspecified atom stereocenters. The van der Waals surface area contributed by atoms with Crippen molar-refractivity contribution in [2.45, 2.75) is 55.9 Å². The van der Waals surface area contributed by atoms with Gasteiger partial charge in [-0.25, -0.2) is 0 Å². The Balaban J connectivity index is 1.61. The van der Waals surface area contributed by atoms with Crippen LogP contribution >= 0.6 is 0 Å². The zero-order chi connectivity index (χ0) is 20.2. The van der Waals surface area contributed by atoms with E-state index in [1.165, 1.54) is 0 Å². The predicted octanol–water partition coefficient (Wildman–Crippen LogP) is 3.76. The Labute approximate surface area is 167 Å². The standard InChI is InChI=1S/C22H27NO4S/c1-21(2,3)15-5-8-17(9-6-15)28(24,25)27-16-7-10-19-18(13-16)22(4)11-12-23-14-20(22)26-19/h5-10,13,20,23H,11-12,14H2,1-4H3. The average Bonchev–Trinajstić information content (AvgIpc) is 2.93. The van der Waals surface area contributed by atoms with Gasteiger partial charge in [-0.05, 0) is 54.3 Å². The summed E-state index contributed by atoms with van der Waals surface area (Å²) in [6.45, 7) is 10.2. The van der Waals surface area contributed by atoms with Gasteiger partial charge in [0.25, 0.3) is 0 Å². The minimum atomic E-state index is -3.90. The third kappa shape index (κ3) is 3.29. The Hall–Kier alpha value is -2.05. The van der Waals surface area contributed by atoms with Crippen molar-refractivity contribution in [1.82, 2.24) is 5.32 Å². The quantitative estimate of drug-likeness (QED) is 0.794. The molecule has 0 radical (unpaired) electrons. The van der Waals surface area contributed by atoms with Crippen molar-refractivity contribution in [3.05, 3.63) is 53.6 Å². The maximum Gasteiger partial charge on any atom is 0.339 e. The highest BCUT2D eigenvalue weighted by molar-refractivity contribution is 7.87. The molecule has 0 aromatic heterocycles. The summed E-state index contributed by atoms with van der Waals surface area (Å²) in [5.74, 6) is 1.14. The van der Waals surface area contributed by atoms with Crippen molar-refractivity contribution < 1.29 is 17.3 Å². The fourth-order valence-electron chi connectivity index (χ4n) is 4.01. The second kappa shape index (κ2) is 6.49. The van der Waals surface area contributed by atoms with E-state index in [1.807, 2.05) is 24.3 Å². The van der Waals surface area contributed by atoms with E-state index in [0.29, 0.717) is 5.75 Å². The lowest BCUT2D eigenvalue weighted by Gasteiger charge is -2.35. The van der Waals surface area contributed by atoms with E-state index in [-0.39, 0.29) is 21.8 Å². The topological polar surface area (TPSA) is 64.6 Å². The molecule has 0 aliphatic carbocycles. The van der Waals surface area contributed by atoms with Gasteiger partial charge in [-0.3, -0.25) is 0 Å². The Bertz CT molecular complexity index is 992. The van der Waals surface area contributed by atoms with Gasteiger partial charge in [0, 0.05) is 17.5 Å². The van der Waals surface area contributed by atoms with Crippen LogP contribution in [0, 0.1) is 0 Å². The lowest BCUT2D eigenvalue weighted by Crippen LogP contribution is -2.49. The van der Waals surface area contributed by atoms with Gasteiger partial charge in [-0.2, -0.15) is 8.42 Å². The van der Waals surface area contributed by atoms with E-state index in [0.717, 1.165) is 36.4 Å². The Morgan fingerprint density at radius 2 is 1.86 bits per heavy atom. The van der Waals surface area contributed by atoms with E-state index in [2.05, 4.69) is 33.0 Å². The molecule has 2 heterocycles. The zero-order valence-electron chi connectivity index (χ0n) is 16.8. The SMILES string of the molecule is CC(C)(C)c1ccc(S(=O)(=O)Oc2ccc3c(c2)C2(C)CCNCC2O3)cc1. The minimum Gasteiger partial charge on any atom is -0.488 e. The predicted molar refractivity (Wildman–Crippen MR) is 109 cm³/mol. The van der Waals surface area contributed by atoms with Gasteiger partial charge in [-0.15, -0.1) is 0 Å². The Morgan fingerprint density at radius 1 is 1.14 bits per heavy atom. The highest BCUT2D eigenvalue weighted by Crippen LogP contribution is 2.47. The van der Waals surface area contributed by atoms with Crippen LogP contribution in [0.1, 0.15) is 45.2 Å². The highest BCUT2D eigenvalue weighted by Gasteiger charge is 2.46. The van der Waals surface area contributed by atoms with Crippen molar-refractivity contribution in [3.63, 3.8) is 0 Å². The van der Waals surface area contributed by atoms with Gasteiger partial charge in [0.1, 0.15) is 22.5 Å². The molecular formula is C22H27NO4S. The minimum absolute atomic E-state index is 0.0377. The van der Waals surface area contributed by atoms with Crippen LogP contribution in [0.3, 0.4) is 0 Å².